The Morgan fingerprint density at radius 3 is 2.48 bits per heavy atom. The van der Waals surface area contributed by atoms with Gasteiger partial charge in [0.05, 0.1) is 10.5 Å². The number of halogens is 3. The lowest BCUT2D eigenvalue weighted by atomic mass is 10.1. The molecule has 25 heavy (non-hydrogen) atoms. The largest absolute Gasteiger partial charge is 0.417 e. The van der Waals surface area contributed by atoms with Crippen LogP contribution in [0.15, 0.2) is 46.7 Å². The molecule has 0 atom stereocenters. The molecule has 134 valence electrons. The number of hydrogen-bond acceptors (Lipinski definition) is 4. The van der Waals surface area contributed by atoms with Gasteiger partial charge in [-0.05, 0) is 41.6 Å². The summed E-state index contributed by atoms with van der Waals surface area (Å²) < 4.78 is 62.5. The lowest BCUT2D eigenvalue weighted by Gasteiger charge is -2.29. The molecule has 1 aliphatic rings. The predicted molar refractivity (Wildman–Crippen MR) is 91.9 cm³/mol. The molecule has 0 saturated carbocycles. The summed E-state index contributed by atoms with van der Waals surface area (Å²) in [5.74, 6) is 0. The SMILES string of the molecule is NS(=O)(=O)c1ccc(N2CC=C(c3cccs3)CC2)cc1C(F)(F)F. The Bertz CT molecular complexity index is 904. The lowest BCUT2D eigenvalue weighted by Crippen LogP contribution is -2.29. The van der Waals surface area contributed by atoms with Gasteiger partial charge in [-0.2, -0.15) is 13.2 Å². The van der Waals surface area contributed by atoms with E-state index in [0.717, 1.165) is 17.0 Å². The van der Waals surface area contributed by atoms with E-state index >= 15 is 0 Å². The second-order valence-corrected chi connectivity index (χ2v) is 8.10. The van der Waals surface area contributed by atoms with Crippen LogP contribution in [0.5, 0.6) is 0 Å². The average molecular weight is 388 g/mol. The lowest BCUT2D eigenvalue weighted by molar-refractivity contribution is -0.139. The van der Waals surface area contributed by atoms with Crippen LogP contribution in [0.3, 0.4) is 0 Å². The highest BCUT2D eigenvalue weighted by Gasteiger charge is 2.37. The summed E-state index contributed by atoms with van der Waals surface area (Å²) in [7, 11) is -4.45. The summed E-state index contributed by atoms with van der Waals surface area (Å²) in [6, 6.07) is 7.10. The Morgan fingerprint density at radius 2 is 1.96 bits per heavy atom. The second-order valence-electron chi connectivity index (χ2n) is 5.63. The van der Waals surface area contributed by atoms with Crippen LogP contribution in [0.4, 0.5) is 18.9 Å². The molecule has 1 aliphatic heterocycles. The predicted octanol–water partition coefficient (Wildman–Crippen LogP) is 3.71. The summed E-state index contributed by atoms with van der Waals surface area (Å²) in [6.45, 7) is 1.01. The summed E-state index contributed by atoms with van der Waals surface area (Å²) in [4.78, 5) is 2.02. The van der Waals surface area contributed by atoms with Crippen molar-refractivity contribution >= 4 is 32.6 Å². The Morgan fingerprint density at radius 1 is 1.20 bits per heavy atom. The fourth-order valence-corrected chi connectivity index (χ4v) is 4.31. The van der Waals surface area contributed by atoms with E-state index in [1.165, 1.54) is 11.6 Å². The minimum atomic E-state index is -4.80. The molecule has 0 spiro atoms. The Balaban J connectivity index is 1.92. The quantitative estimate of drug-likeness (QED) is 0.872. The highest BCUT2D eigenvalue weighted by molar-refractivity contribution is 7.89. The van der Waals surface area contributed by atoms with Gasteiger partial charge in [-0.3, -0.25) is 0 Å². The van der Waals surface area contributed by atoms with Crippen molar-refractivity contribution in [3.63, 3.8) is 0 Å². The first-order valence-corrected chi connectivity index (χ1v) is 9.81. The summed E-state index contributed by atoms with van der Waals surface area (Å²) in [5.41, 5.74) is 0.255. The number of rotatable bonds is 3. The minimum Gasteiger partial charge on any atom is -0.367 e. The first-order valence-electron chi connectivity index (χ1n) is 7.38. The van der Waals surface area contributed by atoms with Crippen LogP contribution in [-0.2, 0) is 16.2 Å². The molecule has 1 aromatic heterocycles. The molecule has 0 unspecified atom stereocenters. The first-order chi connectivity index (χ1) is 11.7. The molecule has 9 heteroatoms. The number of alkyl halides is 3. The van der Waals surface area contributed by atoms with Crippen LogP contribution < -0.4 is 10.0 Å². The van der Waals surface area contributed by atoms with Crippen molar-refractivity contribution in [3.8, 4) is 0 Å². The van der Waals surface area contributed by atoms with Crippen LogP contribution in [0, 0.1) is 0 Å². The van der Waals surface area contributed by atoms with E-state index < -0.39 is 26.7 Å². The van der Waals surface area contributed by atoms with Crippen molar-refractivity contribution in [2.45, 2.75) is 17.5 Å². The molecule has 2 N–H and O–H groups in total. The van der Waals surface area contributed by atoms with Gasteiger partial charge in [0.25, 0.3) is 0 Å². The molecule has 2 heterocycles. The first kappa shape index (κ1) is 18.0. The fraction of sp³-hybridized carbons (Fsp3) is 0.250. The number of nitrogens with two attached hydrogens (primary N) is 1. The van der Waals surface area contributed by atoms with Crippen molar-refractivity contribution < 1.29 is 21.6 Å². The number of sulfonamides is 1. The summed E-state index contributed by atoms with van der Waals surface area (Å²) >= 11 is 1.62. The Kier molecular flexibility index (Phi) is 4.65. The van der Waals surface area contributed by atoms with E-state index in [-0.39, 0.29) is 0 Å². The summed E-state index contributed by atoms with van der Waals surface area (Å²) in [6.07, 6.45) is -2.11. The third-order valence-corrected chi connectivity index (χ3v) is 5.90. The highest BCUT2D eigenvalue weighted by atomic mass is 32.2. The van der Waals surface area contributed by atoms with Crippen molar-refractivity contribution in [2.24, 2.45) is 5.14 Å². The smallest absolute Gasteiger partial charge is 0.367 e. The molecule has 0 bridgehead atoms. The van der Waals surface area contributed by atoms with Crippen molar-refractivity contribution in [1.29, 1.82) is 0 Å². The van der Waals surface area contributed by atoms with Gasteiger partial charge in [-0.1, -0.05) is 12.1 Å². The van der Waals surface area contributed by atoms with Gasteiger partial charge in [0.1, 0.15) is 0 Å². The number of anilines is 1. The van der Waals surface area contributed by atoms with E-state index in [0.29, 0.717) is 25.2 Å². The normalized spacial score (nSPS) is 16.0. The van der Waals surface area contributed by atoms with Crippen LogP contribution >= 0.6 is 11.3 Å². The zero-order valence-electron chi connectivity index (χ0n) is 13.0. The Labute approximate surface area is 147 Å². The van der Waals surface area contributed by atoms with Crippen LogP contribution in [-0.4, -0.2) is 21.5 Å². The number of nitrogens with zero attached hydrogens (tertiary/aromatic N) is 1. The molecule has 0 fully saturated rings. The number of benzene rings is 1. The van der Waals surface area contributed by atoms with E-state index in [1.807, 2.05) is 23.6 Å². The zero-order valence-corrected chi connectivity index (χ0v) is 14.6. The van der Waals surface area contributed by atoms with Crippen molar-refractivity contribution in [1.82, 2.24) is 0 Å². The second kappa shape index (κ2) is 6.47. The summed E-state index contributed by atoms with van der Waals surface area (Å²) in [5, 5.41) is 6.88. The molecule has 0 aliphatic carbocycles. The van der Waals surface area contributed by atoms with Crippen LogP contribution in [0.25, 0.3) is 5.57 Å². The fourth-order valence-electron chi connectivity index (χ4n) is 2.77. The van der Waals surface area contributed by atoms with Gasteiger partial charge in [-0.25, -0.2) is 13.6 Å². The van der Waals surface area contributed by atoms with Gasteiger partial charge in [0.2, 0.25) is 10.0 Å². The molecule has 2 aromatic rings. The number of hydrogen-bond donors (Lipinski definition) is 1. The van der Waals surface area contributed by atoms with Crippen LogP contribution in [0.1, 0.15) is 16.9 Å². The maximum Gasteiger partial charge on any atom is 0.417 e. The average Bonchev–Trinajstić information content (AvgIpc) is 3.07. The van der Waals surface area contributed by atoms with E-state index in [4.69, 9.17) is 5.14 Å². The number of thiophene rings is 1. The van der Waals surface area contributed by atoms with Crippen LogP contribution in [0.2, 0.25) is 0 Å². The number of primary sulfonamides is 1. The molecule has 1 aromatic carbocycles. The maximum absolute atomic E-state index is 13.2. The van der Waals surface area contributed by atoms with Gasteiger partial charge < -0.3 is 4.90 Å². The van der Waals surface area contributed by atoms with Gasteiger partial charge >= 0.3 is 6.18 Å². The third-order valence-electron chi connectivity index (χ3n) is 3.99. The molecule has 0 saturated heterocycles. The molecule has 0 radical (unpaired) electrons. The standard InChI is InChI=1S/C16H15F3N2O2S2/c17-16(18,19)13-10-12(3-4-15(13)25(20,22)23)21-7-5-11(6-8-21)14-2-1-9-24-14/h1-5,9-10H,6-8H2,(H2,20,22,23). The molecule has 3 rings (SSSR count). The maximum atomic E-state index is 13.2. The van der Waals surface area contributed by atoms with Gasteiger partial charge in [0, 0.05) is 23.7 Å². The molecule has 4 nitrogen and oxygen atoms in total. The molecular formula is C16H15F3N2O2S2. The van der Waals surface area contributed by atoms with Crippen molar-refractivity contribution in [2.75, 3.05) is 18.0 Å². The van der Waals surface area contributed by atoms with E-state index in [2.05, 4.69) is 0 Å². The van der Waals surface area contributed by atoms with E-state index in [1.54, 1.807) is 16.2 Å². The molecule has 0 amide bonds. The monoisotopic (exact) mass is 388 g/mol. The highest BCUT2D eigenvalue weighted by Crippen LogP contribution is 2.37. The van der Waals surface area contributed by atoms with Gasteiger partial charge in [-0.15, -0.1) is 11.3 Å². The van der Waals surface area contributed by atoms with Gasteiger partial charge in [0.15, 0.2) is 0 Å². The third kappa shape index (κ3) is 3.88. The zero-order chi connectivity index (χ0) is 18.2. The molecular weight excluding hydrogens is 373 g/mol. The Hall–Kier alpha value is -1.84. The van der Waals surface area contributed by atoms with E-state index in [9.17, 15) is 21.6 Å². The minimum absolute atomic E-state index is 0.321. The van der Waals surface area contributed by atoms with Crippen molar-refractivity contribution in [3.05, 3.63) is 52.2 Å². The topological polar surface area (TPSA) is 63.4 Å².